The number of carbonyl (C=O) groups is 1. The highest BCUT2D eigenvalue weighted by molar-refractivity contribution is 7.80. The number of amides is 1. The monoisotopic (exact) mass is 249 g/mol. The van der Waals surface area contributed by atoms with Crippen LogP contribution in [0.4, 0.5) is 0 Å². The molecule has 2 rings (SSSR count). The van der Waals surface area contributed by atoms with Crippen LogP contribution in [-0.4, -0.2) is 23.4 Å². The van der Waals surface area contributed by atoms with Gasteiger partial charge in [-0.1, -0.05) is 19.4 Å². The average molecular weight is 249 g/mol. The van der Waals surface area contributed by atoms with Gasteiger partial charge in [-0.3, -0.25) is 4.79 Å². The van der Waals surface area contributed by atoms with Gasteiger partial charge in [0.1, 0.15) is 0 Å². The first-order valence-electron chi connectivity index (χ1n) is 6.32. The number of carbonyl (C=O) groups excluding carboxylic acids is 1. The second-order valence-electron chi connectivity index (χ2n) is 4.63. The fraction of sp³-hybridized carbons (Fsp3) is 0.500. The van der Waals surface area contributed by atoms with Gasteiger partial charge in [-0.15, -0.1) is 12.6 Å². The fourth-order valence-electron chi connectivity index (χ4n) is 1.97. The first kappa shape index (κ1) is 12.5. The van der Waals surface area contributed by atoms with E-state index in [1.165, 1.54) is 0 Å². The van der Waals surface area contributed by atoms with Crippen molar-refractivity contribution in [3.8, 4) is 0 Å². The number of nitrogens with zero attached hydrogens (tertiary/aromatic N) is 1. The molecule has 92 valence electrons. The van der Waals surface area contributed by atoms with Crippen molar-refractivity contribution < 1.29 is 4.79 Å². The molecule has 0 saturated heterocycles. The van der Waals surface area contributed by atoms with Crippen LogP contribution in [-0.2, 0) is 0 Å². The Balaban J connectivity index is 2.10. The quantitative estimate of drug-likeness (QED) is 0.793. The van der Waals surface area contributed by atoms with Crippen LogP contribution in [0.15, 0.2) is 29.2 Å². The third-order valence-corrected chi connectivity index (χ3v) is 3.37. The topological polar surface area (TPSA) is 20.3 Å². The van der Waals surface area contributed by atoms with E-state index in [0.29, 0.717) is 6.04 Å². The molecule has 1 aliphatic carbocycles. The lowest BCUT2D eigenvalue weighted by Crippen LogP contribution is -2.34. The number of thiol groups is 1. The predicted octanol–water partition coefficient (Wildman–Crippen LogP) is 3.38. The van der Waals surface area contributed by atoms with Crippen LogP contribution >= 0.6 is 12.6 Å². The summed E-state index contributed by atoms with van der Waals surface area (Å²) >= 11 is 4.28. The van der Waals surface area contributed by atoms with Gasteiger partial charge in [0.25, 0.3) is 5.91 Å². The molecule has 1 amide bonds. The van der Waals surface area contributed by atoms with E-state index < -0.39 is 0 Å². The molecule has 17 heavy (non-hydrogen) atoms. The molecular formula is C14H19NOS. The minimum absolute atomic E-state index is 0.164. The second-order valence-corrected chi connectivity index (χ2v) is 5.15. The molecule has 0 aromatic heterocycles. The van der Waals surface area contributed by atoms with Crippen LogP contribution in [0, 0.1) is 0 Å². The molecule has 0 N–H and O–H groups in total. The zero-order valence-corrected chi connectivity index (χ0v) is 11.1. The molecular weight excluding hydrogens is 230 g/mol. The zero-order chi connectivity index (χ0) is 12.3. The lowest BCUT2D eigenvalue weighted by molar-refractivity contribution is 0.0740. The number of hydrogen-bond acceptors (Lipinski definition) is 2. The first-order chi connectivity index (χ1) is 8.22. The minimum atomic E-state index is 0.164. The zero-order valence-electron chi connectivity index (χ0n) is 10.2. The van der Waals surface area contributed by atoms with E-state index in [9.17, 15) is 4.79 Å². The maximum absolute atomic E-state index is 12.4. The Morgan fingerprint density at radius 2 is 2.24 bits per heavy atom. The molecule has 1 fully saturated rings. The highest BCUT2D eigenvalue weighted by Crippen LogP contribution is 2.28. The van der Waals surface area contributed by atoms with Gasteiger partial charge in [-0.2, -0.15) is 0 Å². The Morgan fingerprint density at radius 3 is 2.82 bits per heavy atom. The smallest absolute Gasteiger partial charge is 0.254 e. The van der Waals surface area contributed by atoms with Gasteiger partial charge >= 0.3 is 0 Å². The summed E-state index contributed by atoms with van der Waals surface area (Å²) in [6, 6.07) is 8.00. The van der Waals surface area contributed by atoms with Crippen LogP contribution in [0.2, 0.25) is 0 Å². The van der Waals surface area contributed by atoms with Gasteiger partial charge in [-0.25, -0.2) is 0 Å². The minimum Gasteiger partial charge on any atom is -0.336 e. The second kappa shape index (κ2) is 5.58. The molecule has 1 saturated carbocycles. The highest BCUT2D eigenvalue weighted by Gasteiger charge is 2.32. The van der Waals surface area contributed by atoms with Crippen LogP contribution in [0.3, 0.4) is 0 Å². The van der Waals surface area contributed by atoms with Crippen molar-refractivity contribution in [1.29, 1.82) is 0 Å². The molecule has 0 radical (unpaired) electrons. The molecule has 0 spiro atoms. The average Bonchev–Trinajstić information content (AvgIpc) is 3.14. The number of rotatable bonds is 5. The van der Waals surface area contributed by atoms with Gasteiger partial charge in [0.15, 0.2) is 0 Å². The summed E-state index contributed by atoms with van der Waals surface area (Å²) in [7, 11) is 0. The van der Waals surface area contributed by atoms with E-state index in [1.54, 1.807) is 0 Å². The lowest BCUT2D eigenvalue weighted by atomic mass is 10.2. The Bertz CT molecular complexity index is 401. The van der Waals surface area contributed by atoms with Crippen molar-refractivity contribution in [1.82, 2.24) is 4.90 Å². The van der Waals surface area contributed by atoms with E-state index in [-0.39, 0.29) is 5.91 Å². The van der Waals surface area contributed by atoms with Crippen LogP contribution in [0.25, 0.3) is 0 Å². The van der Waals surface area contributed by atoms with Gasteiger partial charge in [0.05, 0.1) is 0 Å². The van der Waals surface area contributed by atoms with Gasteiger partial charge in [0.2, 0.25) is 0 Å². The van der Waals surface area contributed by atoms with Crippen molar-refractivity contribution in [2.24, 2.45) is 0 Å². The van der Waals surface area contributed by atoms with Crippen molar-refractivity contribution in [2.75, 3.05) is 6.54 Å². The number of benzene rings is 1. The van der Waals surface area contributed by atoms with E-state index in [1.807, 2.05) is 29.2 Å². The summed E-state index contributed by atoms with van der Waals surface area (Å²) in [5.41, 5.74) is 0.764. The Kier molecular flexibility index (Phi) is 4.11. The third kappa shape index (κ3) is 3.25. The van der Waals surface area contributed by atoms with E-state index >= 15 is 0 Å². The summed E-state index contributed by atoms with van der Waals surface area (Å²) in [4.78, 5) is 15.3. The molecule has 0 unspecified atom stereocenters. The van der Waals surface area contributed by atoms with Crippen LogP contribution < -0.4 is 0 Å². The molecule has 0 aliphatic heterocycles. The summed E-state index contributed by atoms with van der Waals surface area (Å²) < 4.78 is 0. The molecule has 0 atom stereocenters. The highest BCUT2D eigenvalue weighted by atomic mass is 32.1. The summed E-state index contributed by atoms with van der Waals surface area (Å²) in [6.45, 7) is 3.04. The Labute approximate surface area is 108 Å². The van der Waals surface area contributed by atoms with Crippen molar-refractivity contribution in [2.45, 2.75) is 43.5 Å². The van der Waals surface area contributed by atoms with E-state index in [2.05, 4.69) is 19.6 Å². The van der Waals surface area contributed by atoms with Crippen molar-refractivity contribution >= 4 is 18.5 Å². The van der Waals surface area contributed by atoms with Gasteiger partial charge < -0.3 is 4.90 Å². The maximum Gasteiger partial charge on any atom is 0.254 e. The first-order valence-corrected chi connectivity index (χ1v) is 6.77. The van der Waals surface area contributed by atoms with Crippen molar-refractivity contribution in [3.63, 3.8) is 0 Å². The molecule has 3 heteroatoms. The molecule has 0 heterocycles. The number of hydrogen-bond donors (Lipinski definition) is 1. The SMILES string of the molecule is CCCCN(C(=O)c1cccc(S)c1)C1CC1. The Morgan fingerprint density at radius 1 is 1.47 bits per heavy atom. The summed E-state index contributed by atoms with van der Waals surface area (Å²) in [6.07, 6.45) is 4.54. The molecule has 0 bridgehead atoms. The van der Waals surface area contributed by atoms with E-state index in [4.69, 9.17) is 0 Å². The third-order valence-electron chi connectivity index (χ3n) is 3.09. The van der Waals surface area contributed by atoms with Gasteiger partial charge in [-0.05, 0) is 37.5 Å². The molecule has 1 aromatic rings. The fourth-order valence-corrected chi connectivity index (χ4v) is 2.19. The summed E-state index contributed by atoms with van der Waals surface area (Å²) in [5, 5.41) is 0. The predicted molar refractivity (Wildman–Crippen MR) is 72.7 cm³/mol. The molecule has 2 nitrogen and oxygen atoms in total. The summed E-state index contributed by atoms with van der Waals surface area (Å²) in [5.74, 6) is 0.164. The molecule has 1 aliphatic rings. The van der Waals surface area contributed by atoms with E-state index in [0.717, 1.165) is 42.7 Å². The van der Waals surface area contributed by atoms with Crippen molar-refractivity contribution in [3.05, 3.63) is 29.8 Å². The van der Waals surface area contributed by atoms with Crippen LogP contribution in [0.1, 0.15) is 43.0 Å². The maximum atomic E-state index is 12.4. The normalized spacial score (nSPS) is 14.7. The van der Waals surface area contributed by atoms with Crippen LogP contribution in [0.5, 0.6) is 0 Å². The Hall–Kier alpha value is -0.960. The molecule has 1 aromatic carbocycles. The number of unbranched alkanes of at least 4 members (excludes halogenated alkanes) is 1. The largest absolute Gasteiger partial charge is 0.336 e. The lowest BCUT2D eigenvalue weighted by Gasteiger charge is -2.22. The standard InChI is InChI=1S/C14H19NOS/c1-2-3-9-15(12-7-8-12)14(16)11-5-4-6-13(17)10-11/h4-6,10,12,17H,2-3,7-9H2,1H3. The van der Waals surface area contributed by atoms with Gasteiger partial charge in [0, 0.05) is 23.0 Å².